The zero-order valence-corrected chi connectivity index (χ0v) is 18.3. The molecule has 2 N–H and O–H groups in total. The summed E-state index contributed by atoms with van der Waals surface area (Å²) in [5, 5.41) is 22.6. The second-order valence-electron chi connectivity index (χ2n) is 7.40. The minimum Gasteiger partial charge on any atom is -0.507 e. The van der Waals surface area contributed by atoms with Crippen molar-refractivity contribution in [3.8, 4) is 11.5 Å². The minimum absolute atomic E-state index is 0.0688. The average Bonchev–Trinajstić information content (AvgIpc) is 2.80. The van der Waals surface area contributed by atoms with Crippen LogP contribution in [0.1, 0.15) is 22.6 Å². The Hall–Kier alpha value is -3.91. The molecular formula is C25H14BrFO6. The molecule has 0 spiro atoms. The molecule has 3 aromatic carbocycles. The van der Waals surface area contributed by atoms with E-state index in [1.807, 2.05) is 0 Å². The van der Waals surface area contributed by atoms with Gasteiger partial charge in [-0.1, -0.05) is 30.3 Å². The number of hydrogen-bond acceptors (Lipinski definition) is 6. The van der Waals surface area contributed by atoms with Gasteiger partial charge in [-0.2, -0.15) is 0 Å². The Kier molecular flexibility index (Phi) is 5.02. The molecule has 0 aliphatic rings. The van der Waals surface area contributed by atoms with E-state index >= 15 is 0 Å². The first-order chi connectivity index (χ1) is 15.9. The maximum atomic E-state index is 14.0. The van der Waals surface area contributed by atoms with E-state index in [2.05, 4.69) is 15.9 Å². The topological polar surface area (TPSA) is 101 Å². The highest BCUT2D eigenvalue weighted by Crippen LogP contribution is 2.42. The zero-order chi connectivity index (χ0) is 23.3. The van der Waals surface area contributed by atoms with E-state index in [1.165, 1.54) is 24.3 Å². The molecule has 2 aromatic heterocycles. The first-order valence-electron chi connectivity index (χ1n) is 9.81. The molecule has 0 aliphatic carbocycles. The molecule has 0 fully saturated rings. The van der Waals surface area contributed by atoms with Crippen molar-refractivity contribution >= 4 is 37.9 Å². The fourth-order valence-corrected chi connectivity index (χ4v) is 4.37. The molecule has 0 bridgehead atoms. The van der Waals surface area contributed by atoms with Gasteiger partial charge in [-0.3, -0.25) is 0 Å². The summed E-state index contributed by atoms with van der Waals surface area (Å²) in [5.41, 5.74) is -1.85. The van der Waals surface area contributed by atoms with Crippen LogP contribution in [0.25, 0.3) is 21.9 Å². The zero-order valence-electron chi connectivity index (χ0n) is 16.7. The van der Waals surface area contributed by atoms with Crippen LogP contribution in [-0.4, -0.2) is 10.2 Å². The molecule has 2 heterocycles. The van der Waals surface area contributed by atoms with E-state index in [0.29, 0.717) is 0 Å². The third-order valence-electron chi connectivity index (χ3n) is 5.49. The van der Waals surface area contributed by atoms with Crippen molar-refractivity contribution in [3.05, 3.63) is 115 Å². The third kappa shape index (κ3) is 3.39. The molecule has 164 valence electrons. The Labute approximate surface area is 193 Å². The largest absolute Gasteiger partial charge is 0.507 e. The Balaban J connectivity index is 1.92. The summed E-state index contributed by atoms with van der Waals surface area (Å²) in [6.07, 6.45) is 0. The number of halogens is 2. The summed E-state index contributed by atoms with van der Waals surface area (Å²) in [5.74, 6) is -2.72. The van der Waals surface area contributed by atoms with Gasteiger partial charge in [0.25, 0.3) is 0 Å². The maximum Gasteiger partial charge on any atom is 0.344 e. The van der Waals surface area contributed by atoms with E-state index in [0.717, 1.165) is 6.07 Å². The van der Waals surface area contributed by atoms with Gasteiger partial charge in [0.1, 0.15) is 28.5 Å². The molecule has 33 heavy (non-hydrogen) atoms. The monoisotopic (exact) mass is 508 g/mol. The standard InChI is InChI=1S/C25H14BrFO6/c26-15-11-12(9-10-16(15)27)19(20-22(28)13-5-1-3-7-17(13)32-24(20)30)21-23(29)14-6-2-4-8-18(14)33-25(21)31/h1-11,19,28-29H. The van der Waals surface area contributed by atoms with Crippen molar-refractivity contribution in [2.24, 2.45) is 0 Å². The van der Waals surface area contributed by atoms with Gasteiger partial charge >= 0.3 is 11.3 Å². The first-order valence-corrected chi connectivity index (χ1v) is 10.6. The van der Waals surface area contributed by atoms with Crippen LogP contribution in [0, 0.1) is 5.82 Å². The van der Waals surface area contributed by atoms with Crippen LogP contribution in [0.4, 0.5) is 4.39 Å². The SMILES string of the molecule is O=c1oc2ccccc2c(O)c1C(c1ccc(F)c(Br)c1)c1c(O)c2ccccc2oc1=O. The van der Waals surface area contributed by atoms with Gasteiger partial charge in [-0.05, 0) is 57.9 Å². The van der Waals surface area contributed by atoms with Crippen LogP contribution in [0.2, 0.25) is 0 Å². The average molecular weight is 509 g/mol. The van der Waals surface area contributed by atoms with Crippen LogP contribution < -0.4 is 11.3 Å². The molecule has 0 amide bonds. The van der Waals surface area contributed by atoms with Crippen LogP contribution in [0.5, 0.6) is 11.5 Å². The third-order valence-corrected chi connectivity index (χ3v) is 6.10. The molecule has 8 heteroatoms. The van der Waals surface area contributed by atoms with Gasteiger partial charge in [-0.15, -0.1) is 0 Å². The highest BCUT2D eigenvalue weighted by molar-refractivity contribution is 9.10. The second kappa shape index (κ2) is 7.90. The number of rotatable bonds is 3. The quantitative estimate of drug-likeness (QED) is 0.317. The van der Waals surface area contributed by atoms with Crippen molar-refractivity contribution in [2.45, 2.75) is 5.92 Å². The second-order valence-corrected chi connectivity index (χ2v) is 8.26. The number of para-hydroxylation sites is 2. The Morgan fingerprint density at radius 2 is 1.24 bits per heavy atom. The number of hydrogen-bond donors (Lipinski definition) is 2. The lowest BCUT2D eigenvalue weighted by molar-refractivity contribution is 0.441. The van der Waals surface area contributed by atoms with Gasteiger partial charge in [0, 0.05) is 0 Å². The lowest BCUT2D eigenvalue weighted by Crippen LogP contribution is -2.21. The van der Waals surface area contributed by atoms with Gasteiger partial charge in [0.15, 0.2) is 0 Å². The van der Waals surface area contributed by atoms with Crippen LogP contribution in [0.3, 0.4) is 0 Å². The van der Waals surface area contributed by atoms with E-state index < -0.39 is 34.5 Å². The van der Waals surface area contributed by atoms with Crippen LogP contribution >= 0.6 is 15.9 Å². The minimum atomic E-state index is -1.32. The molecule has 6 nitrogen and oxygen atoms in total. The molecular weight excluding hydrogens is 495 g/mol. The van der Waals surface area contributed by atoms with Crippen molar-refractivity contribution in [1.29, 1.82) is 0 Å². The van der Waals surface area contributed by atoms with Crippen molar-refractivity contribution < 1.29 is 23.4 Å². The Morgan fingerprint density at radius 3 is 1.73 bits per heavy atom. The summed E-state index contributed by atoms with van der Waals surface area (Å²) in [7, 11) is 0. The van der Waals surface area contributed by atoms with Gasteiger partial charge in [-0.25, -0.2) is 14.0 Å². The predicted octanol–water partition coefficient (Wildman–Crippen LogP) is 5.39. The molecule has 0 unspecified atom stereocenters. The van der Waals surface area contributed by atoms with Gasteiger partial charge in [0.05, 0.1) is 32.3 Å². The lowest BCUT2D eigenvalue weighted by Gasteiger charge is -2.20. The van der Waals surface area contributed by atoms with Crippen molar-refractivity contribution in [1.82, 2.24) is 0 Å². The Morgan fingerprint density at radius 1 is 0.758 bits per heavy atom. The van der Waals surface area contributed by atoms with E-state index in [1.54, 1.807) is 36.4 Å². The highest BCUT2D eigenvalue weighted by Gasteiger charge is 2.32. The smallest absolute Gasteiger partial charge is 0.344 e. The molecule has 5 rings (SSSR count). The van der Waals surface area contributed by atoms with Crippen molar-refractivity contribution in [3.63, 3.8) is 0 Å². The highest BCUT2D eigenvalue weighted by atomic mass is 79.9. The van der Waals surface area contributed by atoms with E-state index in [4.69, 9.17) is 8.83 Å². The van der Waals surface area contributed by atoms with Crippen LogP contribution in [-0.2, 0) is 0 Å². The number of benzene rings is 3. The van der Waals surface area contributed by atoms with Crippen molar-refractivity contribution in [2.75, 3.05) is 0 Å². The Bertz CT molecular complexity index is 1570. The van der Waals surface area contributed by atoms with E-state index in [9.17, 15) is 24.2 Å². The van der Waals surface area contributed by atoms with Crippen LogP contribution in [0.15, 0.2) is 89.6 Å². The van der Waals surface area contributed by atoms with Gasteiger partial charge in [0.2, 0.25) is 0 Å². The number of aromatic hydroxyl groups is 2. The predicted molar refractivity (Wildman–Crippen MR) is 123 cm³/mol. The number of fused-ring (bicyclic) bond motifs is 2. The molecule has 0 saturated carbocycles. The molecule has 0 aliphatic heterocycles. The summed E-state index contributed by atoms with van der Waals surface area (Å²) < 4.78 is 24.9. The summed E-state index contributed by atoms with van der Waals surface area (Å²) in [4.78, 5) is 26.1. The lowest BCUT2D eigenvalue weighted by atomic mass is 9.84. The fraction of sp³-hybridized carbons (Fsp3) is 0.0400. The molecule has 0 saturated heterocycles. The summed E-state index contributed by atoms with van der Waals surface area (Å²) in [6.45, 7) is 0. The fourth-order valence-electron chi connectivity index (χ4n) is 3.97. The maximum absolute atomic E-state index is 14.0. The summed E-state index contributed by atoms with van der Waals surface area (Å²) >= 11 is 3.11. The molecule has 0 radical (unpaired) electrons. The molecule has 5 aromatic rings. The molecule has 0 atom stereocenters. The first kappa shape index (κ1) is 21.0. The summed E-state index contributed by atoms with van der Waals surface area (Å²) in [6, 6.07) is 16.6. The van der Waals surface area contributed by atoms with Gasteiger partial charge < -0.3 is 19.0 Å². The van der Waals surface area contributed by atoms with E-state index in [-0.39, 0.29) is 43.1 Å². The normalized spacial score (nSPS) is 11.5.